The van der Waals surface area contributed by atoms with E-state index in [1.165, 1.54) is 4.88 Å². The molecule has 0 aliphatic rings. The summed E-state index contributed by atoms with van der Waals surface area (Å²) < 4.78 is 5.30. The summed E-state index contributed by atoms with van der Waals surface area (Å²) in [6, 6.07) is 4.79. The van der Waals surface area contributed by atoms with Crippen molar-refractivity contribution in [3.05, 3.63) is 28.2 Å². The number of hydrogen-bond donors (Lipinski definition) is 0. The van der Waals surface area contributed by atoms with Crippen molar-refractivity contribution >= 4 is 17.4 Å². The second kappa shape index (κ2) is 5.31. The van der Waals surface area contributed by atoms with Gasteiger partial charge in [0.05, 0.1) is 6.54 Å². The zero-order valence-electron chi connectivity index (χ0n) is 10.4. The van der Waals surface area contributed by atoms with Crippen LogP contribution < -0.4 is 4.90 Å². The summed E-state index contributed by atoms with van der Waals surface area (Å²) in [5.74, 6) is 1.07. The van der Waals surface area contributed by atoms with Crippen LogP contribution in [0.5, 0.6) is 0 Å². The number of hydrogen-bond acceptors (Lipinski definition) is 5. The molecule has 0 aromatic carbocycles. The van der Waals surface area contributed by atoms with E-state index in [1.54, 1.807) is 11.3 Å². The molecule has 17 heavy (non-hydrogen) atoms. The summed E-state index contributed by atoms with van der Waals surface area (Å²) in [5.41, 5.74) is 0. The Kier molecular flexibility index (Phi) is 3.78. The van der Waals surface area contributed by atoms with Gasteiger partial charge in [0.25, 0.3) is 0 Å². The maximum Gasteiger partial charge on any atom is 0.324 e. The van der Waals surface area contributed by atoms with Crippen LogP contribution in [0.25, 0.3) is 0 Å². The van der Waals surface area contributed by atoms with E-state index in [0.717, 1.165) is 18.9 Å². The zero-order chi connectivity index (χ0) is 12.3. The van der Waals surface area contributed by atoms with E-state index in [0.29, 0.717) is 11.9 Å². The van der Waals surface area contributed by atoms with Crippen LogP contribution in [0.1, 0.15) is 37.4 Å². The van der Waals surface area contributed by atoms with Crippen molar-refractivity contribution in [2.24, 2.45) is 0 Å². The van der Waals surface area contributed by atoms with Crippen molar-refractivity contribution < 1.29 is 4.52 Å². The van der Waals surface area contributed by atoms with Crippen LogP contribution in [0, 0.1) is 0 Å². The highest BCUT2D eigenvalue weighted by molar-refractivity contribution is 7.09. The lowest BCUT2D eigenvalue weighted by atomic mass is 10.2. The van der Waals surface area contributed by atoms with Crippen molar-refractivity contribution in [2.75, 3.05) is 11.4 Å². The number of nitrogens with zero attached hydrogens (tertiary/aromatic N) is 3. The third-order valence-electron chi connectivity index (χ3n) is 2.53. The van der Waals surface area contributed by atoms with Gasteiger partial charge < -0.3 is 9.42 Å². The molecular weight excluding hydrogens is 234 g/mol. The van der Waals surface area contributed by atoms with Crippen molar-refractivity contribution in [1.29, 1.82) is 0 Å². The van der Waals surface area contributed by atoms with Crippen molar-refractivity contribution in [3.63, 3.8) is 0 Å². The molecular formula is C12H17N3OS. The molecule has 0 amide bonds. The molecule has 4 nitrogen and oxygen atoms in total. The number of rotatable bonds is 5. The van der Waals surface area contributed by atoms with Gasteiger partial charge in [0.1, 0.15) is 0 Å². The molecule has 2 aromatic rings. The molecule has 0 aliphatic heterocycles. The quantitative estimate of drug-likeness (QED) is 0.817. The largest absolute Gasteiger partial charge is 0.324 e. The molecule has 2 aromatic heterocycles. The molecule has 2 heterocycles. The maximum atomic E-state index is 5.30. The highest BCUT2D eigenvalue weighted by Gasteiger charge is 2.15. The average molecular weight is 251 g/mol. The fourth-order valence-corrected chi connectivity index (χ4v) is 2.21. The zero-order valence-corrected chi connectivity index (χ0v) is 11.2. The lowest BCUT2D eigenvalue weighted by molar-refractivity contribution is 0.404. The fourth-order valence-electron chi connectivity index (χ4n) is 1.49. The predicted octanol–water partition coefficient (Wildman–Crippen LogP) is 3.28. The van der Waals surface area contributed by atoms with Crippen LogP contribution in [-0.4, -0.2) is 16.7 Å². The molecule has 0 N–H and O–H groups in total. The van der Waals surface area contributed by atoms with Gasteiger partial charge >= 0.3 is 6.01 Å². The minimum absolute atomic E-state index is 0.299. The molecule has 0 atom stereocenters. The lowest BCUT2D eigenvalue weighted by Crippen LogP contribution is -2.21. The SMILES string of the molecule is CCN(Cc1cccs1)c1nc(C(C)C)no1. The van der Waals surface area contributed by atoms with Gasteiger partial charge in [-0.3, -0.25) is 0 Å². The summed E-state index contributed by atoms with van der Waals surface area (Å²) in [6.45, 7) is 7.90. The monoisotopic (exact) mass is 251 g/mol. The van der Waals surface area contributed by atoms with Gasteiger partial charge in [-0.1, -0.05) is 25.1 Å². The van der Waals surface area contributed by atoms with Gasteiger partial charge in [0, 0.05) is 17.3 Å². The van der Waals surface area contributed by atoms with Crippen LogP contribution in [0.2, 0.25) is 0 Å². The molecule has 0 radical (unpaired) electrons. The first-order chi connectivity index (χ1) is 8.20. The highest BCUT2D eigenvalue weighted by atomic mass is 32.1. The Labute approximate surface area is 105 Å². The molecule has 2 rings (SSSR count). The van der Waals surface area contributed by atoms with E-state index in [9.17, 15) is 0 Å². The Balaban J connectivity index is 2.11. The Morgan fingerprint density at radius 2 is 2.29 bits per heavy atom. The first kappa shape index (κ1) is 12.1. The van der Waals surface area contributed by atoms with E-state index < -0.39 is 0 Å². The van der Waals surface area contributed by atoms with Crippen LogP contribution >= 0.6 is 11.3 Å². The number of thiophene rings is 1. The molecule has 92 valence electrons. The summed E-state index contributed by atoms with van der Waals surface area (Å²) in [6.07, 6.45) is 0. The smallest absolute Gasteiger partial charge is 0.320 e. The van der Waals surface area contributed by atoms with Crippen LogP contribution in [0.15, 0.2) is 22.0 Å². The summed E-state index contributed by atoms with van der Waals surface area (Å²) in [4.78, 5) is 7.80. The summed E-state index contributed by atoms with van der Waals surface area (Å²) in [7, 11) is 0. The van der Waals surface area contributed by atoms with Crippen molar-refractivity contribution in [2.45, 2.75) is 33.2 Å². The molecule has 0 unspecified atom stereocenters. The Hall–Kier alpha value is -1.36. The van der Waals surface area contributed by atoms with E-state index >= 15 is 0 Å². The molecule has 0 spiro atoms. The second-order valence-corrected chi connectivity index (χ2v) is 5.22. The van der Waals surface area contributed by atoms with E-state index in [-0.39, 0.29) is 0 Å². The minimum Gasteiger partial charge on any atom is -0.320 e. The molecule has 0 bridgehead atoms. The molecule has 5 heteroatoms. The van der Waals surface area contributed by atoms with E-state index in [1.807, 2.05) is 0 Å². The number of anilines is 1. The third-order valence-corrected chi connectivity index (χ3v) is 3.39. The summed E-state index contributed by atoms with van der Waals surface area (Å²) >= 11 is 1.74. The average Bonchev–Trinajstić information content (AvgIpc) is 2.96. The Morgan fingerprint density at radius 3 is 2.82 bits per heavy atom. The lowest BCUT2D eigenvalue weighted by Gasteiger charge is -2.16. The van der Waals surface area contributed by atoms with Gasteiger partial charge in [-0.15, -0.1) is 11.3 Å². The van der Waals surface area contributed by atoms with Crippen LogP contribution in [0.4, 0.5) is 6.01 Å². The minimum atomic E-state index is 0.299. The topological polar surface area (TPSA) is 42.2 Å². The third kappa shape index (κ3) is 2.85. The summed E-state index contributed by atoms with van der Waals surface area (Å²) in [5, 5.41) is 6.07. The first-order valence-electron chi connectivity index (χ1n) is 5.81. The number of aromatic nitrogens is 2. The molecule has 0 saturated heterocycles. The normalized spacial score (nSPS) is 11.1. The molecule has 0 saturated carbocycles. The van der Waals surface area contributed by atoms with E-state index in [4.69, 9.17) is 4.52 Å². The molecule has 0 aliphatic carbocycles. The Morgan fingerprint density at radius 1 is 1.47 bits per heavy atom. The van der Waals surface area contributed by atoms with Gasteiger partial charge in [-0.05, 0) is 18.4 Å². The van der Waals surface area contributed by atoms with Gasteiger partial charge in [0.2, 0.25) is 0 Å². The predicted molar refractivity (Wildman–Crippen MR) is 69.4 cm³/mol. The van der Waals surface area contributed by atoms with Gasteiger partial charge in [-0.25, -0.2) is 0 Å². The van der Waals surface area contributed by atoms with Gasteiger partial charge in [-0.2, -0.15) is 4.98 Å². The fraction of sp³-hybridized carbons (Fsp3) is 0.500. The van der Waals surface area contributed by atoms with Crippen molar-refractivity contribution in [1.82, 2.24) is 10.1 Å². The van der Waals surface area contributed by atoms with E-state index in [2.05, 4.69) is 53.3 Å². The van der Waals surface area contributed by atoms with Crippen LogP contribution in [0.3, 0.4) is 0 Å². The maximum absolute atomic E-state index is 5.30. The van der Waals surface area contributed by atoms with Gasteiger partial charge in [0.15, 0.2) is 5.82 Å². The Bertz CT molecular complexity index is 450. The first-order valence-corrected chi connectivity index (χ1v) is 6.69. The van der Waals surface area contributed by atoms with Crippen molar-refractivity contribution in [3.8, 4) is 0 Å². The standard InChI is InChI=1S/C12H17N3OS/c1-4-15(8-10-6-5-7-17-10)12-13-11(9(2)3)14-16-12/h5-7,9H,4,8H2,1-3H3. The van der Waals surface area contributed by atoms with Crippen LogP contribution in [-0.2, 0) is 6.54 Å². The second-order valence-electron chi connectivity index (χ2n) is 4.18. The highest BCUT2D eigenvalue weighted by Crippen LogP contribution is 2.19. The molecule has 0 fully saturated rings.